The van der Waals surface area contributed by atoms with Gasteiger partial charge in [0.1, 0.15) is 0 Å². The Balaban J connectivity index is 2.50. The van der Waals surface area contributed by atoms with Crippen molar-refractivity contribution >= 4 is 0 Å². The summed E-state index contributed by atoms with van der Waals surface area (Å²) in [6, 6.07) is 4.34. The number of hydrogen-bond acceptors (Lipinski definition) is 1. The Labute approximate surface area is 67.5 Å². The fourth-order valence-electron chi connectivity index (χ4n) is 1.78. The summed E-state index contributed by atoms with van der Waals surface area (Å²) in [5, 5.41) is 0. The van der Waals surface area contributed by atoms with Gasteiger partial charge in [-0.1, -0.05) is 13.0 Å². The molecule has 1 aromatic heterocycles. The summed E-state index contributed by atoms with van der Waals surface area (Å²) >= 11 is 0. The van der Waals surface area contributed by atoms with E-state index >= 15 is 0 Å². The van der Waals surface area contributed by atoms with Crippen LogP contribution in [0.2, 0.25) is 0 Å². The minimum Gasteiger partial charge on any atom is -0.258 e. The highest BCUT2D eigenvalue weighted by molar-refractivity contribution is 5.30. The van der Waals surface area contributed by atoms with E-state index in [9.17, 15) is 0 Å². The van der Waals surface area contributed by atoms with E-state index in [0.29, 0.717) is 0 Å². The average Bonchev–Trinajstić information content (AvgIpc) is 2.32. The molecule has 1 unspecified atom stereocenters. The van der Waals surface area contributed by atoms with Crippen molar-refractivity contribution in [2.75, 3.05) is 0 Å². The van der Waals surface area contributed by atoms with Gasteiger partial charge >= 0.3 is 0 Å². The van der Waals surface area contributed by atoms with Crippen molar-refractivity contribution < 1.29 is 0 Å². The number of nitrogens with zero attached hydrogens (tertiary/aromatic N) is 1. The van der Waals surface area contributed by atoms with Crippen LogP contribution >= 0.6 is 0 Å². The Morgan fingerprint density at radius 2 is 2.27 bits per heavy atom. The molecule has 0 bridgehead atoms. The molecule has 1 nitrogen and oxygen atoms in total. The van der Waals surface area contributed by atoms with Crippen LogP contribution in [0.1, 0.15) is 36.2 Å². The summed E-state index contributed by atoms with van der Waals surface area (Å²) < 4.78 is 0. The highest BCUT2D eigenvalue weighted by Crippen LogP contribution is 2.30. The minimum absolute atomic E-state index is 0.734. The van der Waals surface area contributed by atoms with Gasteiger partial charge in [0, 0.05) is 11.4 Å². The third-order valence-corrected chi connectivity index (χ3v) is 2.49. The molecule has 0 aliphatic heterocycles. The lowest BCUT2D eigenvalue weighted by molar-refractivity contribution is 0.746. The van der Waals surface area contributed by atoms with Crippen molar-refractivity contribution in [1.29, 1.82) is 0 Å². The lowest BCUT2D eigenvalue weighted by atomic mass is 10.1. The molecule has 1 aliphatic carbocycles. The molecule has 0 amide bonds. The van der Waals surface area contributed by atoms with Crippen molar-refractivity contribution in [3.63, 3.8) is 0 Å². The van der Waals surface area contributed by atoms with Crippen LogP contribution in [0.25, 0.3) is 0 Å². The molecule has 0 N–H and O–H groups in total. The first-order valence-corrected chi connectivity index (χ1v) is 4.24. The van der Waals surface area contributed by atoms with Gasteiger partial charge in [0.2, 0.25) is 0 Å². The molecule has 0 saturated carbocycles. The minimum atomic E-state index is 0.734. The van der Waals surface area contributed by atoms with Crippen molar-refractivity contribution in [2.24, 2.45) is 0 Å². The van der Waals surface area contributed by atoms with Crippen LogP contribution in [0.15, 0.2) is 12.1 Å². The summed E-state index contributed by atoms with van der Waals surface area (Å²) in [5.41, 5.74) is 3.95. The summed E-state index contributed by atoms with van der Waals surface area (Å²) in [6.07, 6.45) is 2.46. The van der Waals surface area contributed by atoms with Crippen molar-refractivity contribution in [2.45, 2.75) is 32.6 Å². The number of aryl methyl sites for hydroxylation is 2. The molecule has 0 fully saturated rings. The van der Waals surface area contributed by atoms with E-state index in [1.54, 1.807) is 0 Å². The molecule has 0 aromatic carbocycles. The Morgan fingerprint density at radius 3 is 3.09 bits per heavy atom. The van der Waals surface area contributed by atoms with Gasteiger partial charge < -0.3 is 0 Å². The predicted molar refractivity (Wildman–Crippen MR) is 45.7 cm³/mol. The van der Waals surface area contributed by atoms with E-state index in [2.05, 4.69) is 31.0 Å². The van der Waals surface area contributed by atoms with Gasteiger partial charge in [-0.05, 0) is 37.3 Å². The summed E-state index contributed by atoms with van der Waals surface area (Å²) in [7, 11) is 0. The van der Waals surface area contributed by atoms with Crippen molar-refractivity contribution in [3.05, 3.63) is 29.1 Å². The highest BCUT2D eigenvalue weighted by atomic mass is 14.7. The van der Waals surface area contributed by atoms with Crippen molar-refractivity contribution in [3.8, 4) is 0 Å². The molecule has 1 aliphatic rings. The van der Waals surface area contributed by atoms with Crippen LogP contribution in [-0.2, 0) is 6.42 Å². The van der Waals surface area contributed by atoms with Crippen LogP contribution in [0.3, 0.4) is 0 Å². The van der Waals surface area contributed by atoms with E-state index in [4.69, 9.17) is 0 Å². The Bertz CT molecular complexity index is 278. The summed E-state index contributed by atoms with van der Waals surface area (Å²) in [4.78, 5) is 4.50. The Morgan fingerprint density at radius 1 is 1.45 bits per heavy atom. The van der Waals surface area contributed by atoms with Gasteiger partial charge in [-0.2, -0.15) is 0 Å². The highest BCUT2D eigenvalue weighted by Gasteiger charge is 2.18. The van der Waals surface area contributed by atoms with Crippen LogP contribution in [0.4, 0.5) is 0 Å². The molecular formula is C10H13N. The van der Waals surface area contributed by atoms with E-state index in [1.165, 1.54) is 24.1 Å². The third-order valence-electron chi connectivity index (χ3n) is 2.49. The Hall–Kier alpha value is -0.850. The van der Waals surface area contributed by atoms with E-state index in [1.807, 2.05) is 0 Å². The molecule has 1 heterocycles. The summed E-state index contributed by atoms with van der Waals surface area (Å²) in [6.45, 7) is 4.34. The van der Waals surface area contributed by atoms with Gasteiger partial charge in [0.15, 0.2) is 0 Å². The zero-order valence-electron chi connectivity index (χ0n) is 7.09. The van der Waals surface area contributed by atoms with Crippen LogP contribution in [0, 0.1) is 6.92 Å². The second kappa shape index (κ2) is 2.33. The van der Waals surface area contributed by atoms with Gasteiger partial charge in [-0.25, -0.2) is 0 Å². The summed E-state index contributed by atoms with van der Waals surface area (Å²) in [5.74, 6) is 0.734. The second-order valence-corrected chi connectivity index (χ2v) is 3.43. The monoisotopic (exact) mass is 147 g/mol. The maximum absolute atomic E-state index is 4.50. The number of aromatic nitrogens is 1. The number of hydrogen-bond donors (Lipinski definition) is 0. The molecule has 0 radical (unpaired) electrons. The maximum atomic E-state index is 4.50. The Kier molecular flexibility index (Phi) is 1.45. The SMILES string of the molecule is Cc1ccc2c(n1)CCC2C. The normalized spacial score (nSPS) is 21.8. The first kappa shape index (κ1) is 6.84. The lowest BCUT2D eigenvalue weighted by Gasteiger charge is -2.02. The largest absolute Gasteiger partial charge is 0.258 e. The van der Waals surface area contributed by atoms with E-state index < -0.39 is 0 Å². The standard InChI is InChI=1S/C10H13N/c1-7-3-6-10-9(7)5-4-8(2)11-10/h4-5,7H,3,6H2,1-2H3. The van der Waals surface area contributed by atoms with Crippen LogP contribution in [0.5, 0.6) is 0 Å². The zero-order valence-corrected chi connectivity index (χ0v) is 7.09. The number of fused-ring (bicyclic) bond motifs is 1. The first-order chi connectivity index (χ1) is 5.27. The fourth-order valence-corrected chi connectivity index (χ4v) is 1.78. The van der Waals surface area contributed by atoms with Gasteiger partial charge in [-0.15, -0.1) is 0 Å². The van der Waals surface area contributed by atoms with Crippen LogP contribution < -0.4 is 0 Å². The molecule has 2 rings (SSSR count). The zero-order chi connectivity index (χ0) is 7.84. The first-order valence-electron chi connectivity index (χ1n) is 4.24. The van der Waals surface area contributed by atoms with Gasteiger partial charge in [0.05, 0.1) is 0 Å². The molecule has 1 atom stereocenters. The van der Waals surface area contributed by atoms with Gasteiger partial charge in [0.25, 0.3) is 0 Å². The average molecular weight is 147 g/mol. The molecule has 58 valence electrons. The van der Waals surface area contributed by atoms with E-state index in [0.717, 1.165) is 11.6 Å². The van der Waals surface area contributed by atoms with Crippen LogP contribution in [-0.4, -0.2) is 4.98 Å². The smallest absolute Gasteiger partial charge is 0.0441 e. The molecule has 1 aromatic rings. The van der Waals surface area contributed by atoms with Gasteiger partial charge in [-0.3, -0.25) is 4.98 Å². The fraction of sp³-hybridized carbons (Fsp3) is 0.500. The molecule has 1 heteroatoms. The van der Waals surface area contributed by atoms with E-state index in [-0.39, 0.29) is 0 Å². The van der Waals surface area contributed by atoms with Crippen molar-refractivity contribution in [1.82, 2.24) is 4.98 Å². The predicted octanol–water partition coefficient (Wildman–Crippen LogP) is 2.44. The molecule has 11 heavy (non-hydrogen) atoms. The maximum Gasteiger partial charge on any atom is 0.0441 e. The molecular weight excluding hydrogens is 134 g/mol. The molecule has 0 spiro atoms. The number of rotatable bonds is 0. The third kappa shape index (κ3) is 1.05. The number of pyridine rings is 1. The quantitative estimate of drug-likeness (QED) is 0.549. The topological polar surface area (TPSA) is 12.9 Å². The lowest BCUT2D eigenvalue weighted by Crippen LogP contribution is -1.91. The second-order valence-electron chi connectivity index (χ2n) is 3.43. The molecule has 0 saturated heterocycles.